The van der Waals surface area contributed by atoms with Crippen LogP contribution in [-0.2, 0) is 25.7 Å². The fourth-order valence-corrected chi connectivity index (χ4v) is 1.08. The van der Waals surface area contributed by atoms with Gasteiger partial charge in [0, 0.05) is 12.6 Å². The molecule has 1 rings (SSSR count). The van der Waals surface area contributed by atoms with Gasteiger partial charge in [0.15, 0.2) is 0 Å². The van der Waals surface area contributed by atoms with Gasteiger partial charge < -0.3 is 10.1 Å². The number of carbonyl (C=O) groups excluding carboxylic acids is 3. The number of benzene rings is 1. The standard InChI is InChI=1S/C11H11NO4/c1-8(14)12-10-4-2-9(3-5-10)7-16-11(15)6-13/h2-6H,7H2,1H3,(H,12,14). The molecule has 5 heteroatoms. The predicted molar refractivity (Wildman–Crippen MR) is 56.6 cm³/mol. The lowest BCUT2D eigenvalue weighted by Crippen LogP contribution is -2.06. The van der Waals surface area contributed by atoms with Crippen LogP contribution in [0.5, 0.6) is 0 Å². The molecular formula is C11H11NO4. The molecule has 0 aliphatic rings. The van der Waals surface area contributed by atoms with E-state index in [4.69, 9.17) is 0 Å². The van der Waals surface area contributed by atoms with Crippen molar-refractivity contribution in [3.8, 4) is 0 Å². The highest BCUT2D eigenvalue weighted by atomic mass is 16.5. The van der Waals surface area contributed by atoms with E-state index in [2.05, 4.69) is 10.1 Å². The molecule has 0 aliphatic heterocycles. The van der Waals surface area contributed by atoms with Gasteiger partial charge in [0.05, 0.1) is 0 Å². The summed E-state index contributed by atoms with van der Waals surface area (Å²) in [7, 11) is 0. The van der Waals surface area contributed by atoms with Crippen LogP contribution < -0.4 is 5.32 Å². The van der Waals surface area contributed by atoms with E-state index in [1.165, 1.54) is 6.92 Å². The van der Waals surface area contributed by atoms with Crippen molar-refractivity contribution >= 4 is 23.9 Å². The van der Waals surface area contributed by atoms with Crippen LogP contribution in [-0.4, -0.2) is 18.2 Å². The van der Waals surface area contributed by atoms with E-state index in [-0.39, 0.29) is 18.8 Å². The number of rotatable bonds is 4. The van der Waals surface area contributed by atoms with E-state index in [1.807, 2.05) is 0 Å². The largest absolute Gasteiger partial charge is 0.455 e. The van der Waals surface area contributed by atoms with E-state index in [0.29, 0.717) is 5.69 Å². The first-order chi connectivity index (χ1) is 7.61. The Morgan fingerprint density at radius 3 is 2.44 bits per heavy atom. The molecule has 1 aromatic carbocycles. The van der Waals surface area contributed by atoms with E-state index in [1.54, 1.807) is 24.3 Å². The third-order valence-corrected chi connectivity index (χ3v) is 1.75. The molecule has 5 nitrogen and oxygen atoms in total. The normalized spacial score (nSPS) is 9.31. The van der Waals surface area contributed by atoms with Gasteiger partial charge in [-0.2, -0.15) is 0 Å². The molecule has 1 amide bonds. The molecular weight excluding hydrogens is 210 g/mol. The van der Waals surface area contributed by atoms with Crippen molar-refractivity contribution in [1.82, 2.24) is 0 Å². The first-order valence-corrected chi connectivity index (χ1v) is 4.60. The third kappa shape index (κ3) is 3.91. The summed E-state index contributed by atoms with van der Waals surface area (Å²) in [4.78, 5) is 31.3. The summed E-state index contributed by atoms with van der Waals surface area (Å²) < 4.78 is 4.60. The maximum Gasteiger partial charge on any atom is 0.371 e. The van der Waals surface area contributed by atoms with Crippen LogP contribution in [0.1, 0.15) is 12.5 Å². The Morgan fingerprint density at radius 2 is 1.94 bits per heavy atom. The SMILES string of the molecule is CC(=O)Nc1ccc(COC(=O)C=O)cc1. The van der Waals surface area contributed by atoms with E-state index < -0.39 is 5.97 Å². The average molecular weight is 221 g/mol. The van der Waals surface area contributed by atoms with Gasteiger partial charge in [-0.05, 0) is 17.7 Å². The third-order valence-electron chi connectivity index (χ3n) is 1.75. The predicted octanol–water partition coefficient (Wildman–Crippen LogP) is 0.887. The van der Waals surface area contributed by atoms with E-state index in [9.17, 15) is 14.4 Å². The van der Waals surface area contributed by atoms with Crippen molar-refractivity contribution in [1.29, 1.82) is 0 Å². The monoisotopic (exact) mass is 221 g/mol. The highest BCUT2D eigenvalue weighted by molar-refractivity contribution is 6.20. The van der Waals surface area contributed by atoms with Crippen LogP contribution in [0, 0.1) is 0 Å². The molecule has 0 saturated carbocycles. The molecule has 0 heterocycles. The maximum atomic E-state index is 10.7. The second-order valence-corrected chi connectivity index (χ2v) is 3.10. The summed E-state index contributed by atoms with van der Waals surface area (Å²) in [6, 6.07) is 6.77. The van der Waals surface area contributed by atoms with Crippen molar-refractivity contribution in [3.05, 3.63) is 29.8 Å². The minimum Gasteiger partial charge on any atom is -0.455 e. The number of esters is 1. The van der Waals surface area contributed by atoms with Gasteiger partial charge in [-0.25, -0.2) is 4.79 Å². The number of amides is 1. The lowest BCUT2D eigenvalue weighted by Gasteiger charge is -2.04. The van der Waals surface area contributed by atoms with Crippen molar-refractivity contribution in [3.63, 3.8) is 0 Å². The molecule has 0 atom stereocenters. The number of aldehydes is 1. The molecule has 0 aromatic heterocycles. The number of hydrogen-bond acceptors (Lipinski definition) is 4. The molecule has 0 aliphatic carbocycles. The zero-order valence-electron chi connectivity index (χ0n) is 8.73. The van der Waals surface area contributed by atoms with Gasteiger partial charge in [-0.1, -0.05) is 12.1 Å². The smallest absolute Gasteiger partial charge is 0.371 e. The molecule has 0 bridgehead atoms. The Labute approximate surface area is 92.4 Å². The molecule has 1 N–H and O–H groups in total. The molecule has 16 heavy (non-hydrogen) atoms. The quantitative estimate of drug-likeness (QED) is 0.465. The van der Waals surface area contributed by atoms with Gasteiger partial charge >= 0.3 is 5.97 Å². The zero-order valence-corrected chi connectivity index (χ0v) is 8.73. The van der Waals surface area contributed by atoms with E-state index >= 15 is 0 Å². The maximum absolute atomic E-state index is 10.7. The molecule has 84 valence electrons. The highest BCUT2D eigenvalue weighted by Gasteiger charge is 2.00. The fourth-order valence-electron chi connectivity index (χ4n) is 1.08. The number of anilines is 1. The summed E-state index contributed by atoms with van der Waals surface area (Å²) in [6.45, 7) is 1.46. The molecule has 0 fully saturated rings. The van der Waals surface area contributed by atoms with Crippen LogP contribution in [0.2, 0.25) is 0 Å². The van der Waals surface area contributed by atoms with Gasteiger partial charge in [0.25, 0.3) is 0 Å². The first kappa shape index (κ1) is 11.9. The minimum atomic E-state index is -0.897. The van der Waals surface area contributed by atoms with Crippen molar-refractivity contribution < 1.29 is 19.1 Å². The topological polar surface area (TPSA) is 72.5 Å². The number of carbonyl (C=O) groups is 3. The van der Waals surface area contributed by atoms with Gasteiger partial charge in [0.1, 0.15) is 6.61 Å². The van der Waals surface area contributed by atoms with Crippen molar-refractivity contribution in [2.45, 2.75) is 13.5 Å². The summed E-state index contributed by atoms with van der Waals surface area (Å²) in [5.74, 6) is -1.05. The van der Waals surface area contributed by atoms with Crippen LogP contribution in [0.4, 0.5) is 5.69 Å². The van der Waals surface area contributed by atoms with Gasteiger partial charge in [-0.3, -0.25) is 9.59 Å². The van der Waals surface area contributed by atoms with Crippen molar-refractivity contribution in [2.24, 2.45) is 0 Å². The first-order valence-electron chi connectivity index (χ1n) is 4.60. The highest BCUT2D eigenvalue weighted by Crippen LogP contribution is 2.10. The van der Waals surface area contributed by atoms with E-state index in [0.717, 1.165) is 5.56 Å². The number of nitrogens with one attached hydrogen (secondary N) is 1. The second-order valence-electron chi connectivity index (χ2n) is 3.10. The van der Waals surface area contributed by atoms with Gasteiger partial charge in [0.2, 0.25) is 12.2 Å². The fraction of sp³-hybridized carbons (Fsp3) is 0.182. The molecule has 0 saturated heterocycles. The molecule has 1 aromatic rings. The summed E-state index contributed by atoms with van der Waals surface area (Å²) >= 11 is 0. The van der Waals surface area contributed by atoms with Crippen molar-refractivity contribution in [2.75, 3.05) is 5.32 Å². The minimum absolute atomic E-state index is 0.0396. The zero-order chi connectivity index (χ0) is 12.0. The Kier molecular flexibility index (Phi) is 4.20. The molecule has 0 spiro atoms. The number of hydrogen-bond donors (Lipinski definition) is 1. The Balaban J connectivity index is 2.54. The molecule has 0 unspecified atom stereocenters. The van der Waals surface area contributed by atoms with Crippen LogP contribution in [0.25, 0.3) is 0 Å². The summed E-state index contributed by atoms with van der Waals surface area (Å²) in [6.07, 6.45) is 0.117. The lowest BCUT2D eigenvalue weighted by atomic mass is 10.2. The van der Waals surface area contributed by atoms with Gasteiger partial charge in [-0.15, -0.1) is 0 Å². The molecule has 0 radical (unpaired) electrons. The van der Waals surface area contributed by atoms with Crippen LogP contribution in [0.3, 0.4) is 0 Å². The second kappa shape index (κ2) is 5.65. The summed E-state index contributed by atoms with van der Waals surface area (Å²) in [5.41, 5.74) is 1.40. The average Bonchev–Trinajstić information content (AvgIpc) is 2.27. The Hall–Kier alpha value is -2.17. The number of ether oxygens (including phenoxy) is 1. The Morgan fingerprint density at radius 1 is 1.31 bits per heavy atom. The van der Waals surface area contributed by atoms with Crippen LogP contribution >= 0.6 is 0 Å². The Bertz CT molecular complexity index is 397. The summed E-state index contributed by atoms with van der Waals surface area (Å²) in [5, 5.41) is 2.61. The lowest BCUT2D eigenvalue weighted by molar-refractivity contribution is -0.149. The van der Waals surface area contributed by atoms with Crippen LogP contribution in [0.15, 0.2) is 24.3 Å².